The first-order valence-electron chi connectivity index (χ1n) is 8.70. The zero-order valence-electron chi connectivity index (χ0n) is 14.4. The molecule has 1 atom stereocenters. The summed E-state index contributed by atoms with van der Waals surface area (Å²) in [5, 5.41) is 3.33. The predicted molar refractivity (Wildman–Crippen MR) is 93.0 cm³/mol. The van der Waals surface area contributed by atoms with E-state index in [0.717, 1.165) is 12.2 Å². The Morgan fingerprint density at radius 2 is 1.84 bits per heavy atom. The summed E-state index contributed by atoms with van der Waals surface area (Å²) in [4.78, 5) is 28.7. The van der Waals surface area contributed by atoms with Crippen molar-refractivity contribution in [1.82, 2.24) is 19.9 Å². The maximum Gasteiger partial charge on any atom is 0.341 e. The highest BCUT2D eigenvalue weighted by Gasteiger charge is 2.22. The molecule has 0 bridgehead atoms. The number of esters is 1. The molecule has 3 rings (SSSR count). The molecule has 1 aliphatic carbocycles. The van der Waals surface area contributed by atoms with Gasteiger partial charge in [-0.25, -0.2) is 24.7 Å². The highest BCUT2D eigenvalue weighted by molar-refractivity contribution is 5.88. The predicted octanol–water partition coefficient (Wildman–Crippen LogP) is 3.18. The molecule has 2 aromatic heterocycles. The van der Waals surface area contributed by atoms with Gasteiger partial charge in [-0.2, -0.15) is 0 Å². The van der Waals surface area contributed by atoms with Crippen molar-refractivity contribution in [2.75, 3.05) is 12.4 Å². The summed E-state index contributed by atoms with van der Waals surface area (Å²) in [7, 11) is 1.33. The fourth-order valence-electron chi connectivity index (χ4n) is 3.26. The molecule has 25 heavy (non-hydrogen) atoms. The van der Waals surface area contributed by atoms with Gasteiger partial charge in [-0.1, -0.05) is 32.1 Å². The SMILES string of the molecule is COC(=O)c1cnc(NC(CC2CCCCC2)c2ncccn2)nc1. The van der Waals surface area contributed by atoms with Crippen LogP contribution in [0.3, 0.4) is 0 Å². The van der Waals surface area contributed by atoms with Crippen LogP contribution >= 0.6 is 0 Å². The molecule has 0 radical (unpaired) electrons. The van der Waals surface area contributed by atoms with E-state index in [-0.39, 0.29) is 6.04 Å². The van der Waals surface area contributed by atoms with E-state index in [4.69, 9.17) is 0 Å². The normalized spacial score (nSPS) is 16.2. The van der Waals surface area contributed by atoms with Crippen molar-refractivity contribution >= 4 is 11.9 Å². The number of methoxy groups -OCH3 is 1. The smallest absolute Gasteiger partial charge is 0.341 e. The fraction of sp³-hybridized carbons (Fsp3) is 0.500. The van der Waals surface area contributed by atoms with Crippen LogP contribution in [0, 0.1) is 5.92 Å². The maximum atomic E-state index is 11.5. The number of nitrogens with zero attached hydrogens (tertiary/aromatic N) is 4. The zero-order chi connectivity index (χ0) is 17.5. The van der Waals surface area contributed by atoms with Gasteiger partial charge in [0.15, 0.2) is 0 Å². The number of carbonyl (C=O) groups is 1. The molecular weight excluding hydrogens is 318 g/mol. The molecular formula is C18H23N5O2. The number of ether oxygens (including phenoxy) is 1. The Hall–Kier alpha value is -2.57. The van der Waals surface area contributed by atoms with E-state index in [1.807, 2.05) is 6.07 Å². The van der Waals surface area contributed by atoms with Crippen molar-refractivity contribution < 1.29 is 9.53 Å². The number of anilines is 1. The van der Waals surface area contributed by atoms with E-state index in [1.165, 1.54) is 51.6 Å². The van der Waals surface area contributed by atoms with Gasteiger partial charge in [0.1, 0.15) is 5.82 Å². The number of rotatable bonds is 6. The molecule has 1 fully saturated rings. The Labute approximate surface area is 147 Å². The number of hydrogen-bond donors (Lipinski definition) is 1. The molecule has 0 aliphatic heterocycles. The molecule has 0 aromatic carbocycles. The highest BCUT2D eigenvalue weighted by atomic mass is 16.5. The lowest BCUT2D eigenvalue weighted by molar-refractivity contribution is 0.0600. The van der Waals surface area contributed by atoms with Gasteiger partial charge in [-0.3, -0.25) is 0 Å². The van der Waals surface area contributed by atoms with Gasteiger partial charge < -0.3 is 10.1 Å². The highest BCUT2D eigenvalue weighted by Crippen LogP contribution is 2.32. The quantitative estimate of drug-likeness (QED) is 0.807. The maximum absolute atomic E-state index is 11.5. The summed E-state index contributed by atoms with van der Waals surface area (Å²) in [6.45, 7) is 0. The van der Waals surface area contributed by atoms with Crippen LogP contribution in [0.25, 0.3) is 0 Å². The van der Waals surface area contributed by atoms with Crippen molar-refractivity contribution in [2.45, 2.75) is 44.6 Å². The van der Waals surface area contributed by atoms with Gasteiger partial charge in [0.2, 0.25) is 5.95 Å². The molecule has 1 N–H and O–H groups in total. The number of aromatic nitrogens is 4. The van der Waals surface area contributed by atoms with E-state index in [9.17, 15) is 4.79 Å². The molecule has 1 unspecified atom stereocenters. The van der Waals surface area contributed by atoms with Crippen LogP contribution in [-0.4, -0.2) is 33.0 Å². The summed E-state index contributed by atoms with van der Waals surface area (Å²) in [6, 6.07) is 1.76. The summed E-state index contributed by atoms with van der Waals surface area (Å²) in [5.41, 5.74) is 0.327. The average molecular weight is 341 g/mol. The Morgan fingerprint density at radius 1 is 1.16 bits per heavy atom. The van der Waals surface area contributed by atoms with E-state index >= 15 is 0 Å². The summed E-state index contributed by atoms with van der Waals surface area (Å²) in [6.07, 6.45) is 13.8. The van der Waals surface area contributed by atoms with Crippen LogP contribution in [0.2, 0.25) is 0 Å². The first kappa shape index (κ1) is 17.3. The molecule has 0 amide bonds. The Morgan fingerprint density at radius 3 is 2.48 bits per heavy atom. The number of nitrogens with one attached hydrogen (secondary N) is 1. The minimum atomic E-state index is -0.448. The summed E-state index contributed by atoms with van der Waals surface area (Å²) < 4.78 is 4.67. The summed E-state index contributed by atoms with van der Waals surface area (Å²) in [5.74, 6) is 1.41. The van der Waals surface area contributed by atoms with Crippen LogP contribution in [0.4, 0.5) is 5.95 Å². The third-order valence-electron chi connectivity index (χ3n) is 4.57. The third kappa shape index (κ3) is 4.71. The number of carbonyl (C=O) groups excluding carboxylic acids is 1. The van der Waals surface area contributed by atoms with Gasteiger partial charge >= 0.3 is 5.97 Å². The van der Waals surface area contributed by atoms with E-state index in [0.29, 0.717) is 17.4 Å². The largest absolute Gasteiger partial charge is 0.465 e. The Balaban J connectivity index is 1.73. The van der Waals surface area contributed by atoms with Crippen LogP contribution < -0.4 is 5.32 Å². The van der Waals surface area contributed by atoms with Gasteiger partial charge in [0, 0.05) is 24.8 Å². The fourth-order valence-corrected chi connectivity index (χ4v) is 3.26. The molecule has 2 heterocycles. The second-order valence-electron chi connectivity index (χ2n) is 6.33. The molecule has 1 aliphatic rings. The number of hydrogen-bond acceptors (Lipinski definition) is 7. The second-order valence-corrected chi connectivity index (χ2v) is 6.33. The zero-order valence-corrected chi connectivity index (χ0v) is 14.4. The minimum absolute atomic E-state index is 0.0479. The first-order valence-corrected chi connectivity index (χ1v) is 8.70. The lowest BCUT2D eigenvalue weighted by Crippen LogP contribution is -2.20. The van der Waals surface area contributed by atoms with Crippen LogP contribution in [0.5, 0.6) is 0 Å². The minimum Gasteiger partial charge on any atom is -0.465 e. The lowest BCUT2D eigenvalue weighted by atomic mass is 9.84. The molecule has 7 nitrogen and oxygen atoms in total. The summed E-state index contributed by atoms with van der Waals surface area (Å²) >= 11 is 0. The van der Waals surface area contributed by atoms with E-state index < -0.39 is 5.97 Å². The Bertz CT molecular complexity index is 672. The van der Waals surface area contributed by atoms with Gasteiger partial charge in [-0.15, -0.1) is 0 Å². The van der Waals surface area contributed by atoms with Crippen molar-refractivity contribution in [2.24, 2.45) is 5.92 Å². The average Bonchev–Trinajstić information content (AvgIpc) is 2.69. The van der Waals surface area contributed by atoms with Crippen molar-refractivity contribution in [3.8, 4) is 0 Å². The van der Waals surface area contributed by atoms with E-state index in [2.05, 4.69) is 30.0 Å². The lowest BCUT2D eigenvalue weighted by Gasteiger charge is -2.26. The Kier molecular flexibility index (Phi) is 5.87. The standard InChI is InChI=1S/C18H23N5O2/c1-25-17(24)14-11-21-18(22-12-14)23-15(16-19-8-5-9-20-16)10-13-6-3-2-4-7-13/h5,8-9,11-13,15H,2-4,6-7,10H2,1H3,(H,21,22,23). The molecule has 132 valence electrons. The molecule has 7 heteroatoms. The van der Waals surface area contributed by atoms with Crippen molar-refractivity contribution in [3.63, 3.8) is 0 Å². The third-order valence-corrected chi connectivity index (χ3v) is 4.57. The second kappa shape index (κ2) is 8.50. The van der Waals surface area contributed by atoms with Crippen LogP contribution in [0.15, 0.2) is 30.9 Å². The van der Waals surface area contributed by atoms with Crippen LogP contribution in [-0.2, 0) is 4.74 Å². The topological polar surface area (TPSA) is 89.9 Å². The molecule has 0 spiro atoms. The van der Waals surface area contributed by atoms with Gasteiger partial charge in [-0.05, 0) is 18.4 Å². The molecule has 1 saturated carbocycles. The van der Waals surface area contributed by atoms with Gasteiger partial charge in [0.25, 0.3) is 0 Å². The van der Waals surface area contributed by atoms with Gasteiger partial charge in [0.05, 0.1) is 18.7 Å². The van der Waals surface area contributed by atoms with Crippen molar-refractivity contribution in [3.05, 3.63) is 42.2 Å². The van der Waals surface area contributed by atoms with Crippen LogP contribution in [0.1, 0.15) is 60.7 Å². The monoisotopic (exact) mass is 341 g/mol. The van der Waals surface area contributed by atoms with Crippen molar-refractivity contribution in [1.29, 1.82) is 0 Å². The molecule has 2 aromatic rings. The van der Waals surface area contributed by atoms with E-state index in [1.54, 1.807) is 12.4 Å². The molecule has 0 saturated heterocycles. The first-order chi connectivity index (χ1) is 12.3.